The Morgan fingerprint density at radius 3 is 2.49 bits per heavy atom. The van der Waals surface area contributed by atoms with Crippen LogP contribution in [-0.2, 0) is 21.7 Å². The molecule has 10 heteroatoms. The van der Waals surface area contributed by atoms with Crippen molar-refractivity contribution in [2.24, 2.45) is 5.41 Å². The van der Waals surface area contributed by atoms with Gasteiger partial charge in [-0.05, 0) is 60.0 Å². The van der Waals surface area contributed by atoms with Crippen LogP contribution in [0.3, 0.4) is 0 Å². The summed E-state index contributed by atoms with van der Waals surface area (Å²) in [6, 6.07) is 20.4. The molecule has 1 fully saturated rings. The summed E-state index contributed by atoms with van der Waals surface area (Å²) in [5.74, 6) is -3.16. The Kier molecular flexibility index (Phi) is 8.51. The zero-order valence-corrected chi connectivity index (χ0v) is 24.2. The number of fused-ring (bicyclic) bond motifs is 1. The van der Waals surface area contributed by atoms with Gasteiger partial charge >= 0.3 is 12.3 Å². The van der Waals surface area contributed by atoms with Crippen LogP contribution in [0.2, 0.25) is 5.02 Å². The fourth-order valence-electron chi connectivity index (χ4n) is 4.89. The topological polar surface area (TPSA) is 77.9 Å². The number of hydrogen-bond donors (Lipinski definition) is 1. The number of aryl methyl sites for hydroxylation is 1. The van der Waals surface area contributed by atoms with Gasteiger partial charge < -0.3 is 19.3 Å². The highest BCUT2D eigenvalue weighted by molar-refractivity contribution is 6.31. The van der Waals surface area contributed by atoms with E-state index < -0.39 is 23.9 Å². The Hall–Kier alpha value is -3.92. The molecule has 6 nitrogen and oxygen atoms in total. The number of carbonyl (C=O) groups is 1. The van der Waals surface area contributed by atoms with Crippen LogP contribution in [0.4, 0.5) is 13.2 Å². The predicted molar refractivity (Wildman–Crippen MR) is 158 cm³/mol. The average Bonchev–Trinajstić information content (AvgIpc) is 2.95. The minimum Gasteiger partial charge on any atom is -0.478 e. The second-order valence-electron chi connectivity index (χ2n) is 11.2. The van der Waals surface area contributed by atoms with Crippen molar-refractivity contribution in [2.75, 3.05) is 13.2 Å². The SMILES string of the molecule is CC1(C)COC(CCc2ccc(OC(F)(F)F)cc2C(=O)O)(c2cccc(/C=C/c3ccc4ccc(Cl)cc4n3)c2)OC1. The number of benzene rings is 3. The summed E-state index contributed by atoms with van der Waals surface area (Å²) in [7, 11) is 0. The smallest absolute Gasteiger partial charge is 0.478 e. The van der Waals surface area contributed by atoms with E-state index in [-0.39, 0.29) is 23.8 Å². The molecular weight excluding hydrogens is 583 g/mol. The van der Waals surface area contributed by atoms with Gasteiger partial charge in [0.15, 0.2) is 5.79 Å². The number of carboxylic acids is 1. The fraction of sp³-hybridized carbons (Fsp3) is 0.273. The molecule has 0 bridgehead atoms. The minimum atomic E-state index is -4.94. The van der Waals surface area contributed by atoms with Gasteiger partial charge in [-0.25, -0.2) is 9.78 Å². The zero-order valence-electron chi connectivity index (χ0n) is 23.5. The van der Waals surface area contributed by atoms with Crippen LogP contribution in [0, 0.1) is 5.41 Å². The standard InChI is InChI=1S/C33H29ClF3NO5/c1-31(2)19-41-32(42-20-31,15-14-22-9-13-27(43-33(35,36)37)18-28(22)30(39)40)24-5-3-4-21(16-24)6-11-26-12-8-23-7-10-25(34)17-29(23)38-26/h3-13,16-18H,14-15,19-20H2,1-2H3,(H,39,40)/b11-6+. The van der Waals surface area contributed by atoms with Gasteiger partial charge in [0, 0.05) is 27.8 Å². The molecule has 1 saturated heterocycles. The number of alkyl halides is 3. The number of ether oxygens (including phenoxy) is 3. The second-order valence-corrected chi connectivity index (χ2v) is 11.6. The van der Waals surface area contributed by atoms with Gasteiger partial charge in [-0.1, -0.05) is 67.9 Å². The van der Waals surface area contributed by atoms with Gasteiger partial charge in [-0.15, -0.1) is 13.2 Å². The molecule has 0 atom stereocenters. The van der Waals surface area contributed by atoms with Gasteiger partial charge in [0.05, 0.1) is 30.0 Å². The molecule has 0 radical (unpaired) electrons. The molecule has 1 aliphatic heterocycles. The number of aromatic nitrogens is 1. The molecule has 43 heavy (non-hydrogen) atoms. The van der Waals surface area contributed by atoms with Crippen molar-refractivity contribution in [1.82, 2.24) is 4.98 Å². The molecule has 0 amide bonds. The van der Waals surface area contributed by atoms with E-state index in [1.807, 2.05) is 80.6 Å². The first kappa shape index (κ1) is 30.5. The maximum atomic E-state index is 12.7. The first-order valence-electron chi connectivity index (χ1n) is 13.6. The molecule has 5 rings (SSSR count). The molecule has 0 unspecified atom stereocenters. The average molecular weight is 612 g/mol. The Balaban J connectivity index is 1.42. The largest absolute Gasteiger partial charge is 0.573 e. The van der Waals surface area contributed by atoms with Crippen molar-refractivity contribution in [1.29, 1.82) is 0 Å². The highest BCUT2D eigenvalue weighted by Gasteiger charge is 2.42. The normalized spacial score (nSPS) is 16.4. The third-order valence-corrected chi connectivity index (χ3v) is 7.34. The minimum absolute atomic E-state index is 0.165. The quantitative estimate of drug-likeness (QED) is 0.215. The highest BCUT2D eigenvalue weighted by atomic mass is 35.5. The van der Waals surface area contributed by atoms with Crippen LogP contribution in [0.15, 0.2) is 72.8 Å². The number of carboxylic acid groups (broad SMARTS) is 1. The molecule has 1 aromatic heterocycles. The number of aromatic carboxylic acids is 1. The van der Waals surface area contributed by atoms with Crippen molar-refractivity contribution in [3.63, 3.8) is 0 Å². The van der Waals surface area contributed by atoms with Crippen molar-refractivity contribution in [3.8, 4) is 5.75 Å². The summed E-state index contributed by atoms with van der Waals surface area (Å²) in [5, 5.41) is 11.3. The van der Waals surface area contributed by atoms with Crippen LogP contribution in [-0.4, -0.2) is 35.6 Å². The lowest BCUT2D eigenvalue weighted by molar-refractivity contribution is -0.310. The van der Waals surface area contributed by atoms with E-state index >= 15 is 0 Å². The summed E-state index contributed by atoms with van der Waals surface area (Å²) < 4.78 is 54.8. The molecular formula is C33H29ClF3NO5. The van der Waals surface area contributed by atoms with E-state index in [0.29, 0.717) is 23.8 Å². The predicted octanol–water partition coefficient (Wildman–Crippen LogP) is 8.51. The van der Waals surface area contributed by atoms with Crippen molar-refractivity contribution < 1.29 is 37.3 Å². The third kappa shape index (κ3) is 7.54. The lowest BCUT2D eigenvalue weighted by Gasteiger charge is -2.44. The van der Waals surface area contributed by atoms with E-state index in [4.69, 9.17) is 21.1 Å². The first-order valence-corrected chi connectivity index (χ1v) is 13.9. The summed E-state index contributed by atoms with van der Waals surface area (Å²) in [5.41, 5.74) is 2.94. The molecule has 4 aromatic rings. The summed E-state index contributed by atoms with van der Waals surface area (Å²) in [6.07, 6.45) is -0.734. The third-order valence-electron chi connectivity index (χ3n) is 7.11. The number of pyridine rings is 1. The fourth-order valence-corrected chi connectivity index (χ4v) is 5.06. The molecule has 0 aliphatic carbocycles. The lowest BCUT2D eigenvalue weighted by Crippen LogP contribution is -2.46. The van der Waals surface area contributed by atoms with Crippen LogP contribution >= 0.6 is 11.6 Å². The van der Waals surface area contributed by atoms with Gasteiger partial charge in [0.25, 0.3) is 0 Å². The number of hydrogen-bond acceptors (Lipinski definition) is 5. The Labute approximate surface area is 251 Å². The van der Waals surface area contributed by atoms with Gasteiger partial charge in [-0.2, -0.15) is 0 Å². The molecule has 224 valence electrons. The van der Waals surface area contributed by atoms with Gasteiger partial charge in [-0.3, -0.25) is 0 Å². The number of rotatable bonds is 8. The van der Waals surface area contributed by atoms with Crippen LogP contribution in [0.5, 0.6) is 5.75 Å². The number of halogens is 4. The van der Waals surface area contributed by atoms with E-state index in [1.54, 1.807) is 0 Å². The Morgan fingerprint density at radius 2 is 1.77 bits per heavy atom. The van der Waals surface area contributed by atoms with Crippen LogP contribution in [0.1, 0.15) is 53.0 Å². The lowest BCUT2D eigenvalue weighted by atomic mass is 9.90. The maximum Gasteiger partial charge on any atom is 0.573 e. The van der Waals surface area contributed by atoms with E-state index in [0.717, 1.165) is 39.9 Å². The first-order chi connectivity index (χ1) is 20.3. The molecule has 2 heterocycles. The molecule has 0 saturated carbocycles. The van der Waals surface area contributed by atoms with Gasteiger partial charge in [0.2, 0.25) is 0 Å². The summed E-state index contributed by atoms with van der Waals surface area (Å²) in [6.45, 7) is 4.81. The molecule has 1 N–H and O–H groups in total. The maximum absolute atomic E-state index is 12.7. The zero-order chi connectivity index (χ0) is 30.8. The number of nitrogens with zero attached hydrogens (tertiary/aromatic N) is 1. The van der Waals surface area contributed by atoms with Crippen molar-refractivity contribution >= 4 is 40.6 Å². The van der Waals surface area contributed by atoms with Crippen LogP contribution < -0.4 is 4.74 Å². The molecule has 3 aromatic carbocycles. The Morgan fingerprint density at radius 1 is 1.02 bits per heavy atom. The highest BCUT2D eigenvalue weighted by Crippen LogP contribution is 2.41. The summed E-state index contributed by atoms with van der Waals surface area (Å²) >= 11 is 6.13. The molecule has 0 spiro atoms. The van der Waals surface area contributed by atoms with Gasteiger partial charge in [0.1, 0.15) is 5.75 Å². The van der Waals surface area contributed by atoms with Crippen LogP contribution in [0.25, 0.3) is 23.1 Å². The van der Waals surface area contributed by atoms with E-state index in [9.17, 15) is 23.1 Å². The summed E-state index contributed by atoms with van der Waals surface area (Å²) in [4.78, 5) is 16.6. The molecule has 1 aliphatic rings. The monoisotopic (exact) mass is 611 g/mol. The Bertz CT molecular complexity index is 1680. The van der Waals surface area contributed by atoms with Crippen molar-refractivity contribution in [2.45, 2.75) is 38.8 Å². The van der Waals surface area contributed by atoms with E-state index in [2.05, 4.69) is 9.72 Å². The van der Waals surface area contributed by atoms with E-state index in [1.165, 1.54) is 6.07 Å². The second kappa shape index (κ2) is 12.0. The van der Waals surface area contributed by atoms with Crippen molar-refractivity contribution in [3.05, 3.63) is 106 Å².